The molecule has 22 heavy (non-hydrogen) atoms. The summed E-state index contributed by atoms with van der Waals surface area (Å²) in [5.74, 6) is 1.36. The molecule has 0 aliphatic carbocycles. The summed E-state index contributed by atoms with van der Waals surface area (Å²) < 4.78 is 11.8. The molecule has 1 aromatic heterocycles. The van der Waals surface area contributed by atoms with Crippen LogP contribution in [0.4, 0.5) is 0 Å². The van der Waals surface area contributed by atoms with Crippen molar-refractivity contribution in [2.75, 3.05) is 25.9 Å². The molecule has 1 atom stereocenters. The number of halogens is 1. The summed E-state index contributed by atoms with van der Waals surface area (Å²) >= 11 is 1.67. The fourth-order valence-corrected chi connectivity index (χ4v) is 3.17. The van der Waals surface area contributed by atoms with Crippen molar-refractivity contribution in [2.45, 2.75) is 38.9 Å². The number of rotatable bonds is 6. The maximum atomic E-state index is 11.9. The Morgan fingerprint density at radius 3 is 2.50 bits per heavy atom. The van der Waals surface area contributed by atoms with Gasteiger partial charge >= 0.3 is 0 Å². The molecule has 1 unspecified atom stereocenters. The molecule has 0 saturated carbocycles. The predicted molar refractivity (Wildman–Crippen MR) is 108 cm³/mol. The molecule has 0 aromatic carbocycles. The molecule has 8 heteroatoms. The Kier molecular flexibility index (Phi) is 10.4. The SMILES string of the molecule is CN=C(NCCc1csc(C)n1)NCCS(=O)C(C)(C)C.I. The average Bonchev–Trinajstić information content (AvgIpc) is 2.81. The van der Waals surface area contributed by atoms with Crippen LogP contribution in [0, 0.1) is 6.92 Å². The van der Waals surface area contributed by atoms with Crippen molar-refractivity contribution in [3.8, 4) is 0 Å². The molecule has 0 aliphatic rings. The first kappa shape index (κ1) is 21.8. The summed E-state index contributed by atoms with van der Waals surface area (Å²) in [5.41, 5.74) is 1.11. The molecule has 0 spiro atoms. The molecule has 1 heterocycles. The van der Waals surface area contributed by atoms with Crippen LogP contribution in [0.2, 0.25) is 0 Å². The first-order valence-electron chi connectivity index (χ1n) is 7.07. The standard InChI is InChI=1S/C14H26N4OS2.HI/c1-11-18-12(10-20-11)6-7-16-13(15-5)17-8-9-21(19)14(2,3)4;/h10H,6-9H2,1-5H3,(H2,15,16,17);1H. The maximum absolute atomic E-state index is 11.9. The molecular weight excluding hydrogens is 431 g/mol. The van der Waals surface area contributed by atoms with E-state index in [1.165, 1.54) is 0 Å². The molecule has 0 saturated heterocycles. The number of aromatic nitrogens is 1. The Balaban J connectivity index is 0.00000441. The van der Waals surface area contributed by atoms with Crippen LogP contribution in [0.15, 0.2) is 10.4 Å². The van der Waals surface area contributed by atoms with Gasteiger partial charge in [0.05, 0.1) is 10.7 Å². The van der Waals surface area contributed by atoms with Crippen LogP contribution in [-0.4, -0.2) is 45.8 Å². The van der Waals surface area contributed by atoms with Crippen LogP contribution < -0.4 is 10.6 Å². The fraction of sp³-hybridized carbons (Fsp3) is 0.714. The van der Waals surface area contributed by atoms with Gasteiger partial charge in [0.15, 0.2) is 5.96 Å². The summed E-state index contributed by atoms with van der Waals surface area (Å²) in [4.78, 5) is 8.58. The van der Waals surface area contributed by atoms with Gasteiger partial charge in [-0.25, -0.2) is 4.98 Å². The van der Waals surface area contributed by atoms with E-state index in [0.717, 1.165) is 29.6 Å². The van der Waals surface area contributed by atoms with Crippen LogP contribution in [0.3, 0.4) is 0 Å². The quantitative estimate of drug-likeness (QED) is 0.390. The van der Waals surface area contributed by atoms with Gasteiger partial charge < -0.3 is 10.6 Å². The van der Waals surface area contributed by atoms with E-state index in [2.05, 4.69) is 26.0 Å². The van der Waals surface area contributed by atoms with Gasteiger partial charge in [-0.05, 0) is 27.7 Å². The lowest BCUT2D eigenvalue weighted by Crippen LogP contribution is -2.41. The van der Waals surface area contributed by atoms with Crippen LogP contribution in [0.5, 0.6) is 0 Å². The number of aliphatic imine (C=N–C) groups is 1. The normalized spacial score (nSPS) is 13.4. The minimum Gasteiger partial charge on any atom is -0.356 e. The van der Waals surface area contributed by atoms with Crippen LogP contribution in [0.1, 0.15) is 31.5 Å². The van der Waals surface area contributed by atoms with E-state index in [1.807, 2.05) is 27.7 Å². The Morgan fingerprint density at radius 2 is 2.00 bits per heavy atom. The second kappa shape index (κ2) is 10.5. The monoisotopic (exact) mass is 458 g/mol. The van der Waals surface area contributed by atoms with Crippen LogP contribution in [-0.2, 0) is 17.2 Å². The van der Waals surface area contributed by atoms with Gasteiger partial charge in [0.1, 0.15) is 0 Å². The van der Waals surface area contributed by atoms with Crippen LogP contribution in [0.25, 0.3) is 0 Å². The van der Waals surface area contributed by atoms with E-state index in [1.54, 1.807) is 18.4 Å². The number of aryl methyl sites for hydroxylation is 1. The Morgan fingerprint density at radius 1 is 1.36 bits per heavy atom. The third-order valence-electron chi connectivity index (χ3n) is 2.83. The smallest absolute Gasteiger partial charge is 0.191 e. The number of nitrogens with one attached hydrogen (secondary N) is 2. The number of guanidine groups is 1. The molecule has 1 aromatic rings. The van der Waals surface area contributed by atoms with E-state index < -0.39 is 10.8 Å². The predicted octanol–water partition coefficient (Wildman–Crippen LogP) is 2.32. The topological polar surface area (TPSA) is 66.4 Å². The van der Waals surface area contributed by atoms with E-state index in [9.17, 15) is 4.21 Å². The van der Waals surface area contributed by atoms with Crippen molar-refractivity contribution in [3.63, 3.8) is 0 Å². The summed E-state index contributed by atoms with van der Waals surface area (Å²) in [7, 11) is 0.897. The minimum absolute atomic E-state index is 0. The molecule has 0 bridgehead atoms. The van der Waals surface area contributed by atoms with Gasteiger partial charge in [-0.15, -0.1) is 35.3 Å². The zero-order chi connectivity index (χ0) is 15.9. The van der Waals surface area contributed by atoms with Crippen molar-refractivity contribution < 1.29 is 4.21 Å². The third kappa shape index (κ3) is 8.42. The maximum Gasteiger partial charge on any atom is 0.191 e. The second-order valence-corrected chi connectivity index (χ2v) is 9.08. The molecule has 128 valence electrons. The summed E-state index contributed by atoms with van der Waals surface area (Å²) in [6, 6.07) is 0. The Hall–Kier alpha value is -0.220. The van der Waals surface area contributed by atoms with E-state index in [-0.39, 0.29) is 28.7 Å². The van der Waals surface area contributed by atoms with Gasteiger partial charge in [-0.1, -0.05) is 0 Å². The lowest BCUT2D eigenvalue weighted by molar-refractivity contribution is 0.647. The fourth-order valence-electron chi connectivity index (χ4n) is 1.62. The zero-order valence-corrected chi connectivity index (χ0v) is 17.9. The van der Waals surface area contributed by atoms with Crippen molar-refractivity contribution >= 4 is 52.1 Å². The van der Waals surface area contributed by atoms with Crippen molar-refractivity contribution in [2.24, 2.45) is 4.99 Å². The highest BCUT2D eigenvalue weighted by Gasteiger charge is 2.18. The van der Waals surface area contributed by atoms with E-state index >= 15 is 0 Å². The molecule has 0 fully saturated rings. The highest BCUT2D eigenvalue weighted by molar-refractivity contribution is 14.0. The first-order valence-corrected chi connectivity index (χ1v) is 9.27. The van der Waals surface area contributed by atoms with Gasteiger partial charge in [-0.2, -0.15) is 0 Å². The summed E-state index contributed by atoms with van der Waals surface area (Å²) in [6.07, 6.45) is 0.874. The first-order chi connectivity index (χ1) is 9.82. The number of nitrogens with zero attached hydrogens (tertiary/aromatic N) is 2. The Labute approximate surface area is 157 Å². The number of hydrogen-bond donors (Lipinski definition) is 2. The van der Waals surface area contributed by atoms with Crippen molar-refractivity contribution in [3.05, 3.63) is 16.1 Å². The molecule has 1 rings (SSSR count). The zero-order valence-electron chi connectivity index (χ0n) is 13.9. The number of thiazole rings is 1. The lowest BCUT2D eigenvalue weighted by atomic mass is 10.3. The van der Waals surface area contributed by atoms with E-state index in [4.69, 9.17) is 0 Å². The second-order valence-electron chi connectivity index (χ2n) is 5.70. The summed E-state index contributed by atoms with van der Waals surface area (Å²) in [5, 5.41) is 9.61. The van der Waals surface area contributed by atoms with Gasteiger partial charge in [0.25, 0.3) is 0 Å². The summed E-state index contributed by atoms with van der Waals surface area (Å²) in [6.45, 7) is 9.42. The third-order valence-corrected chi connectivity index (χ3v) is 5.59. The molecular formula is C14H27IN4OS2. The average molecular weight is 458 g/mol. The van der Waals surface area contributed by atoms with Gasteiger partial charge in [-0.3, -0.25) is 9.20 Å². The van der Waals surface area contributed by atoms with E-state index in [0.29, 0.717) is 12.3 Å². The number of hydrogen-bond acceptors (Lipinski definition) is 4. The minimum atomic E-state index is -0.842. The van der Waals surface area contributed by atoms with Crippen LogP contribution >= 0.6 is 35.3 Å². The molecule has 5 nitrogen and oxygen atoms in total. The van der Waals surface area contributed by atoms with Crippen molar-refractivity contribution in [1.29, 1.82) is 0 Å². The molecule has 2 N–H and O–H groups in total. The largest absolute Gasteiger partial charge is 0.356 e. The molecule has 0 amide bonds. The van der Waals surface area contributed by atoms with Crippen molar-refractivity contribution in [1.82, 2.24) is 15.6 Å². The molecule has 0 aliphatic heterocycles. The highest BCUT2D eigenvalue weighted by atomic mass is 127. The highest BCUT2D eigenvalue weighted by Crippen LogP contribution is 2.10. The molecule has 0 radical (unpaired) electrons. The van der Waals surface area contributed by atoms with Gasteiger partial charge in [0.2, 0.25) is 0 Å². The lowest BCUT2D eigenvalue weighted by Gasteiger charge is -2.18. The Bertz CT molecular complexity index is 497. The van der Waals surface area contributed by atoms with Gasteiger partial charge in [0, 0.05) is 53.2 Å².